The van der Waals surface area contributed by atoms with Gasteiger partial charge in [-0.1, -0.05) is 19.6 Å². The lowest BCUT2D eigenvalue weighted by atomic mass is 11.8. The van der Waals surface area contributed by atoms with Crippen molar-refractivity contribution < 1.29 is 138 Å². The second-order valence-corrected chi connectivity index (χ2v) is 160. The van der Waals surface area contributed by atoms with Gasteiger partial charge in [0.2, 0.25) is 9.28 Å². The minimum atomic E-state index is -4.66. The van der Waals surface area contributed by atoms with Gasteiger partial charge in [-0.05, 0) is 0 Å². The van der Waals surface area contributed by atoms with Crippen molar-refractivity contribution in [2.45, 2.75) is 19.6 Å². The molecule has 0 rings (SSSR count). The molecule has 67 heavy (non-hydrogen) atoms. The Kier molecular flexibility index (Phi) is 30.2. The van der Waals surface area contributed by atoms with Gasteiger partial charge in [-0.25, -0.2) is 0 Å². The van der Waals surface area contributed by atoms with Gasteiger partial charge in [0.25, 0.3) is 0 Å². The lowest BCUT2D eigenvalue weighted by Gasteiger charge is -2.22. The van der Waals surface area contributed by atoms with Crippen LogP contribution in [-0.2, 0) is 138 Å². The summed E-state index contributed by atoms with van der Waals surface area (Å²) in [6.45, 7) is 4.37. The smallest absolute Gasteiger partial charge is 0.395 e. The summed E-state index contributed by atoms with van der Waals surface area (Å²) in [6, 6.07) is 0. The van der Waals surface area contributed by atoms with E-state index in [0.29, 0.717) is 0 Å². The molecular weight excluding hydrogens is 1410 g/mol. The second kappa shape index (κ2) is 29.7. The molecule has 0 fully saturated rings. The zero-order valence-electron chi connectivity index (χ0n) is 33.9. The van der Waals surface area contributed by atoms with E-state index in [0.717, 1.165) is 21.3 Å². The molecule has 61 heteroatoms. The van der Waals surface area contributed by atoms with Crippen LogP contribution >= 0.6 is 0 Å². The first-order valence-corrected chi connectivity index (χ1v) is 89.5. The van der Waals surface area contributed by atoms with Gasteiger partial charge in [0.1, 0.15) is 7.59 Å². The SMILES string of the molecule is CO[Si](OC)(OC)O[SiH2][Si](=O)[Si](=O)[Si](=O)[Si](=O)[Si](=O)[Si](=O)[Si](=O)[Si](=O)[Si](=O)[Si](=O)[Si](=O)[Si](=O)[Si](=O)[Si](=O)[Si](=O)[Si](=O)[Si](=O)[Si](=O)[Si](=O)[Si](=O)[Si](=O)[Si](=O)[Si](=O)[Si](=O)[Si](=O)[Si](=O)[Si](=O)[Si](C)(C)C. The molecule has 0 bridgehead atoms. The first-order chi connectivity index (χ1) is 30.5. The van der Waals surface area contributed by atoms with Crippen LogP contribution in [0.3, 0.4) is 0 Å². The van der Waals surface area contributed by atoms with Crippen LogP contribution in [0.1, 0.15) is 0 Å². The molecule has 0 amide bonds. The van der Waals surface area contributed by atoms with Gasteiger partial charge in [-0.3, -0.25) is 0 Å². The third-order valence-corrected chi connectivity index (χ3v) is 237. The van der Waals surface area contributed by atoms with Crippen molar-refractivity contribution in [3.63, 3.8) is 0 Å². The molecule has 0 saturated heterocycles. The molecule has 0 spiro atoms. The minimum Gasteiger partial charge on any atom is -0.395 e. The van der Waals surface area contributed by atoms with Gasteiger partial charge >= 0.3 is 217 Å². The van der Waals surface area contributed by atoms with E-state index < -0.39 is 234 Å². The Balaban J connectivity index is 5.85. The Labute approximate surface area is 409 Å². The average Bonchev–Trinajstić information content (AvgIpc) is 3.32. The van der Waals surface area contributed by atoms with Gasteiger partial charge in [-0.15, -0.1) is 0 Å². The van der Waals surface area contributed by atoms with Crippen molar-refractivity contribution in [3.05, 3.63) is 0 Å². The summed E-state index contributed by atoms with van der Waals surface area (Å²) in [5.41, 5.74) is 0. The predicted molar refractivity (Wildman–Crippen MR) is 234 cm³/mol. The molecule has 0 radical (unpaired) electrons. The normalized spacial score (nSPS) is 10.8. The van der Waals surface area contributed by atoms with E-state index in [2.05, 4.69) is 0 Å². The van der Waals surface area contributed by atoms with E-state index in [-0.39, 0.29) is 0 Å². The lowest BCUT2D eigenvalue weighted by Crippen LogP contribution is -2.58. The second-order valence-electron chi connectivity index (χ2n) is 12.6. The molecule has 0 unspecified atom stereocenters. The monoisotopic (exact) mass is 1430 g/mol. The van der Waals surface area contributed by atoms with Crippen LogP contribution in [0.4, 0.5) is 0 Å². The van der Waals surface area contributed by atoms with E-state index in [1.54, 1.807) is 0 Å². The summed E-state index contributed by atoms with van der Waals surface area (Å²) in [4.78, 5) is 0. The fourth-order valence-electron chi connectivity index (χ4n) is 3.59. The fourth-order valence-corrected chi connectivity index (χ4v) is 343. The summed E-state index contributed by atoms with van der Waals surface area (Å²) in [7, 11) is -123. The molecule has 0 atom stereocenters. The molecule has 0 N–H and O–H groups in total. The van der Waals surface area contributed by atoms with E-state index in [1.807, 2.05) is 0 Å². The largest absolute Gasteiger partial charge is 0.667 e. The number of rotatable bonds is 33. The molecule has 0 heterocycles. The molecule has 0 saturated carbocycles. The quantitative estimate of drug-likeness (QED) is 0.0551. The van der Waals surface area contributed by atoms with Gasteiger partial charge < -0.3 is 138 Å². The third kappa shape index (κ3) is 17.8. The van der Waals surface area contributed by atoms with Crippen LogP contribution in [0.15, 0.2) is 0 Å². The maximum absolute atomic E-state index is 12.7. The lowest BCUT2D eigenvalue weighted by molar-refractivity contribution is 0.0534. The predicted octanol–water partition coefficient (Wildman–Crippen LogP) is -13.2. The molecule has 0 aromatic carbocycles. The van der Waals surface area contributed by atoms with Crippen molar-refractivity contribution in [2.24, 2.45) is 0 Å². The zero-order valence-corrected chi connectivity index (χ0v) is 64.3. The van der Waals surface area contributed by atoms with Gasteiger partial charge in [0.15, 0.2) is 0 Å². The van der Waals surface area contributed by atoms with Crippen LogP contribution in [-0.4, -0.2) is 256 Å². The van der Waals surface area contributed by atoms with Crippen molar-refractivity contribution in [2.75, 3.05) is 21.3 Å². The Morgan fingerprint density at radius 1 is 0.254 bits per heavy atom. The zero-order chi connectivity index (χ0) is 53.1. The van der Waals surface area contributed by atoms with E-state index in [4.69, 9.17) is 17.4 Å². The van der Waals surface area contributed by atoms with E-state index in [9.17, 15) is 120 Å². The van der Waals surface area contributed by atoms with Crippen LogP contribution in [0.25, 0.3) is 0 Å². The highest BCUT2D eigenvalue weighted by Gasteiger charge is 2.58. The highest BCUT2D eigenvalue weighted by atomic mass is 30.1. The maximum Gasteiger partial charge on any atom is 0.667 e. The average molecular weight is 1430 g/mol. The molecular formula is C6H20O31Si30. The van der Waals surface area contributed by atoms with Gasteiger partial charge in [-0.2, -0.15) is 0 Å². The van der Waals surface area contributed by atoms with Crippen molar-refractivity contribution >= 4 is 234 Å². The summed E-state index contributed by atoms with van der Waals surface area (Å²) in [6.07, 6.45) is 0. The summed E-state index contributed by atoms with van der Waals surface area (Å²) < 4.78 is 361. The summed E-state index contributed by atoms with van der Waals surface area (Å²) in [5.74, 6) is 0. The highest BCUT2D eigenvalue weighted by molar-refractivity contribution is 7.84. The highest BCUT2D eigenvalue weighted by Crippen LogP contribution is 2.06. The molecule has 0 aliphatic heterocycles. The van der Waals surface area contributed by atoms with Crippen molar-refractivity contribution in [1.29, 1.82) is 0 Å². The summed E-state index contributed by atoms with van der Waals surface area (Å²) in [5, 5.41) is 0. The topological polar surface area (TPSA) is 498 Å². The van der Waals surface area contributed by atoms with Gasteiger partial charge in [0.05, 0.1) is 0 Å². The maximum atomic E-state index is 12.7. The standard InChI is InChI=1S/C6H20O31Si30/c1-34-67(35-2,36-3)37-38-39(7)40(8)41(9)42(10)43(11)44(12)45(13)46(14)47(15)48(16)49(17)50(18)51(19)52(20)53(21)54(22)55(23)56(24)57(25)58(26)59(27)60(28)61(29)62(30)63(31)64(32)65(33)66(4,5)6/h38H2,1-6H3. The Morgan fingerprint density at radius 3 is 0.552 bits per heavy atom. The Bertz CT molecular complexity index is 2640. The molecule has 350 valence electrons. The first kappa shape index (κ1) is 67.9. The van der Waals surface area contributed by atoms with Crippen LogP contribution in [0.5, 0.6) is 0 Å². The molecule has 0 aromatic rings. The van der Waals surface area contributed by atoms with E-state index >= 15 is 0 Å². The molecule has 31 nitrogen and oxygen atoms in total. The number of hydrogen-bond acceptors (Lipinski definition) is 31. The van der Waals surface area contributed by atoms with Crippen LogP contribution < -0.4 is 0 Å². The van der Waals surface area contributed by atoms with Crippen molar-refractivity contribution in [3.8, 4) is 0 Å². The minimum absolute atomic E-state index is 1.08. The molecule has 0 aliphatic rings. The summed E-state index contributed by atoms with van der Waals surface area (Å²) >= 11 is 0. The number of hydrogen-bond donors (Lipinski definition) is 0. The molecule has 0 aromatic heterocycles. The van der Waals surface area contributed by atoms with Crippen molar-refractivity contribution in [1.82, 2.24) is 0 Å². The van der Waals surface area contributed by atoms with Crippen LogP contribution in [0, 0.1) is 0 Å². The van der Waals surface area contributed by atoms with E-state index in [1.165, 1.54) is 19.6 Å². The first-order valence-electron chi connectivity index (χ1n) is 16.4. The molecule has 0 aliphatic carbocycles. The van der Waals surface area contributed by atoms with Crippen LogP contribution in [0.2, 0.25) is 19.6 Å². The fraction of sp³-hybridized carbons (Fsp3) is 1.00. The Morgan fingerprint density at radius 2 is 0.403 bits per heavy atom. The third-order valence-electron chi connectivity index (χ3n) is 7.22. The Hall–Kier alpha value is 0.946. The van der Waals surface area contributed by atoms with Gasteiger partial charge in [0, 0.05) is 21.3 Å².